The lowest BCUT2D eigenvalue weighted by molar-refractivity contribution is 0.710. The minimum absolute atomic E-state index is 0.429. The maximum absolute atomic E-state index is 8.56. The predicted octanol–water partition coefficient (Wildman–Crippen LogP) is 10.3. The van der Waals surface area contributed by atoms with Gasteiger partial charge in [0.05, 0.1) is 0 Å². The van der Waals surface area contributed by atoms with E-state index >= 15 is 0 Å². The lowest BCUT2D eigenvalue weighted by Crippen LogP contribution is -2.73. The van der Waals surface area contributed by atoms with Gasteiger partial charge in [0.25, 0.3) is 15.7 Å². The van der Waals surface area contributed by atoms with Crippen LogP contribution < -0.4 is 42.0 Å². The Labute approximate surface area is 344 Å². The molecule has 0 saturated carbocycles. The molecule has 1 aliphatic heterocycles. The van der Waals surface area contributed by atoms with Crippen molar-refractivity contribution in [2.75, 3.05) is 0 Å². The van der Waals surface area contributed by atoms with Gasteiger partial charge in [-0.05, 0) is 87.2 Å². The summed E-state index contributed by atoms with van der Waals surface area (Å²) < 4.78 is 8.56. The van der Waals surface area contributed by atoms with E-state index in [0.717, 1.165) is 0 Å². The van der Waals surface area contributed by atoms with E-state index < -0.39 is 47.4 Å². The van der Waals surface area contributed by atoms with Crippen molar-refractivity contribution in [1.82, 2.24) is 0 Å². The molecule has 1 aliphatic rings. The van der Waals surface area contributed by atoms with Crippen molar-refractivity contribution >= 4 is 89.3 Å². The van der Waals surface area contributed by atoms with Crippen molar-refractivity contribution < 1.29 is 4.12 Å². The molecule has 0 bridgehead atoms. The molecule has 0 N–H and O–H groups in total. The quantitative estimate of drug-likeness (QED) is 0.0622. The molecule has 4 aromatic rings. The van der Waals surface area contributed by atoms with Gasteiger partial charge in [-0.2, -0.15) is 0 Å². The van der Waals surface area contributed by atoms with Gasteiger partial charge >= 0.3 is 0 Å². The third kappa shape index (κ3) is 8.41. The van der Waals surface area contributed by atoms with Gasteiger partial charge in [0.2, 0.25) is 0 Å². The molecule has 1 fully saturated rings. The maximum Gasteiger partial charge on any atom is 0.273 e. The van der Waals surface area contributed by atoms with Crippen LogP contribution in [0.3, 0.4) is 0 Å². The average Bonchev–Trinajstić information content (AvgIpc) is 3.79. The van der Waals surface area contributed by atoms with Crippen molar-refractivity contribution in [2.24, 2.45) is 0 Å². The molecule has 298 valence electrons. The summed E-state index contributed by atoms with van der Waals surface area (Å²) >= 11 is 0. The summed E-state index contributed by atoms with van der Waals surface area (Å²) in [4.78, 5) is 0. The number of benzene rings is 4. The van der Waals surface area contributed by atoms with E-state index in [-0.39, 0.29) is 0 Å². The fourth-order valence-electron chi connectivity index (χ4n) is 10.1. The number of rotatable bonds is 16. The topological polar surface area (TPSA) is 12.5 Å². The lowest BCUT2D eigenvalue weighted by atomic mass is 10.3. The summed E-state index contributed by atoms with van der Waals surface area (Å²) in [7, 11) is -7.65. The van der Waals surface area contributed by atoms with E-state index in [1.807, 2.05) is 0 Å². The minimum atomic E-state index is -2.97. The van der Waals surface area contributed by atoms with E-state index in [1.54, 1.807) is 42.0 Å². The van der Waals surface area contributed by atoms with Gasteiger partial charge in [0.15, 0.2) is 0 Å². The van der Waals surface area contributed by atoms with Crippen LogP contribution in [0.25, 0.3) is 0 Å². The third-order valence-electron chi connectivity index (χ3n) is 11.5. The smallest absolute Gasteiger partial charge is 0.273 e. The van der Waals surface area contributed by atoms with Crippen molar-refractivity contribution in [2.45, 2.75) is 156 Å². The molecule has 1 heterocycles. The molecule has 0 amide bonds. The molecule has 7 heteroatoms. The first kappa shape index (κ1) is 45.1. The zero-order chi connectivity index (χ0) is 40.6. The van der Waals surface area contributed by atoms with Crippen LogP contribution in [0.5, 0.6) is 0 Å². The van der Waals surface area contributed by atoms with Crippen molar-refractivity contribution in [3.8, 4) is 0 Å². The summed E-state index contributed by atoms with van der Waals surface area (Å²) in [5.74, 6) is 0. The van der Waals surface area contributed by atoms with Gasteiger partial charge in [-0.25, -0.2) is 0 Å². The monoisotopic (exact) mass is 844 g/mol. The van der Waals surface area contributed by atoms with Crippen LogP contribution >= 0.6 is 31.7 Å². The van der Waals surface area contributed by atoms with Crippen LogP contribution in [-0.4, -0.2) is 60.9 Å². The number of hydrogen-bond donors (Lipinski definition) is 0. The third-order valence-corrected chi connectivity index (χ3v) is 39.1. The Morgan fingerprint density at radius 2 is 0.455 bits per heavy atom. The highest BCUT2D eigenvalue weighted by atomic mass is 31.1. The summed E-state index contributed by atoms with van der Waals surface area (Å²) in [6.07, 6.45) is 0. The van der Waals surface area contributed by atoms with Crippen LogP contribution in [0.15, 0.2) is 97.1 Å². The Balaban J connectivity index is 2.09. The highest BCUT2D eigenvalue weighted by Crippen LogP contribution is 2.52. The first-order valence-corrected chi connectivity index (χ1v) is 31.9. The predicted molar refractivity (Wildman–Crippen MR) is 264 cm³/mol. The normalized spacial score (nSPS) is 15.6. The van der Waals surface area contributed by atoms with Crippen molar-refractivity contribution in [1.29, 1.82) is 0 Å². The minimum Gasteiger partial charge on any atom is -0.442 e. The summed E-state index contributed by atoms with van der Waals surface area (Å²) in [5, 5.41) is 12.8. The Hall–Kier alpha value is -1.01. The van der Waals surface area contributed by atoms with Gasteiger partial charge in [-0.3, -0.25) is 0 Å². The molecule has 0 spiro atoms. The highest BCUT2D eigenvalue weighted by Gasteiger charge is 2.80. The van der Waals surface area contributed by atoms with E-state index in [2.05, 4.69) is 208 Å². The molecular formula is C48H72OP4Si2. The molecule has 5 rings (SSSR count). The van der Waals surface area contributed by atoms with E-state index in [1.165, 1.54) is 0 Å². The van der Waals surface area contributed by atoms with Crippen LogP contribution in [-0.2, 0) is 4.12 Å². The van der Waals surface area contributed by atoms with Gasteiger partial charge in [-0.15, -0.1) is 0 Å². The zero-order valence-electron chi connectivity index (χ0n) is 37.1. The molecule has 55 heavy (non-hydrogen) atoms. The summed E-state index contributed by atoms with van der Waals surface area (Å²) in [6, 6.07) is 39.2. The summed E-state index contributed by atoms with van der Waals surface area (Å²) in [6.45, 7) is 39.6. The molecule has 0 aromatic heterocycles. The van der Waals surface area contributed by atoms with E-state index in [4.69, 9.17) is 4.12 Å². The highest BCUT2D eigenvalue weighted by molar-refractivity contribution is 7.76. The molecule has 0 aliphatic carbocycles. The van der Waals surface area contributed by atoms with Gasteiger partial charge < -0.3 is 4.12 Å². The van der Waals surface area contributed by atoms with Gasteiger partial charge in [0, 0.05) is 0 Å². The second kappa shape index (κ2) is 18.5. The molecule has 1 nitrogen and oxygen atoms in total. The van der Waals surface area contributed by atoms with Crippen molar-refractivity contribution in [3.63, 3.8) is 0 Å². The Morgan fingerprint density at radius 3 is 0.618 bits per heavy atom. The van der Waals surface area contributed by atoms with E-state index in [9.17, 15) is 0 Å². The Morgan fingerprint density at radius 1 is 0.291 bits per heavy atom. The molecule has 4 aromatic carbocycles. The summed E-state index contributed by atoms with van der Waals surface area (Å²) in [5.41, 5.74) is 4.66. The average molecular weight is 845 g/mol. The lowest BCUT2D eigenvalue weighted by Gasteiger charge is -2.36. The first-order chi connectivity index (χ1) is 25.9. The fourth-order valence-corrected chi connectivity index (χ4v) is 44.0. The van der Waals surface area contributed by atoms with Crippen LogP contribution in [0.1, 0.15) is 111 Å². The van der Waals surface area contributed by atoms with E-state index in [0.29, 0.717) is 45.3 Å². The maximum atomic E-state index is 8.56. The molecular weight excluding hydrogens is 773 g/mol. The van der Waals surface area contributed by atoms with Gasteiger partial charge in [0.1, 0.15) is 0 Å². The number of hydrogen-bond acceptors (Lipinski definition) is 1. The van der Waals surface area contributed by atoms with Crippen LogP contribution in [0.4, 0.5) is 0 Å². The van der Waals surface area contributed by atoms with Crippen LogP contribution in [0.2, 0.25) is 0 Å². The molecule has 1 saturated heterocycles. The largest absolute Gasteiger partial charge is 0.442 e. The second-order valence-electron chi connectivity index (χ2n) is 17.9. The standard InChI is InChI=1S/C48H72OP4Si2/c1-33(2)50(34(3)4)41-25-17-21-29-45(41)54(46-30-22-18-26-42(46)51(35(5)6)36(7)8)49-55(54,47-31-23-19-27-43(47)52(37(9)10)38(11)12)48-32-24-20-28-44(48)53(39(13)14)40(15)16/h17-40H,1-16H3. The second-order valence-corrected chi connectivity index (χ2v) is 41.3. The fraction of sp³-hybridized carbons (Fsp3) is 0.500. The zero-order valence-corrected chi connectivity index (χ0v) is 42.6. The Kier molecular flexibility index (Phi) is 15.2. The van der Waals surface area contributed by atoms with Crippen molar-refractivity contribution in [3.05, 3.63) is 97.1 Å². The molecule has 0 unspecified atom stereocenters. The first-order valence-electron chi connectivity index (χ1n) is 21.2. The SMILES string of the molecule is CC(C)P(c1ccccc1[Si]1(c2ccccc2P(C(C)C)C(C)C)O[Si]1(c1ccccc1P(C(C)C)C(C)C)c1ccccc1P(C(C)C)C(C)C)C(C)C. The molecule has 0 radical (unpaired) electrons. The molecule has 0 atom stereocenters. The Bertz CT molecular complexity index is 1590. The van der Waals surface area contributed by atoms with Gasteiger partial charge in [-0.1, -0.05) is 240 Å². The van der Waals surface area contributed by atoms with Crippen LogP contribution in [0, 0.1) is 0 Å².